The van der Waals surface area contributed by atoms with E-state index in [4.69, 9.17) is 23.2 Å². The van der Waals surface area contributed by atoms with Crippen molar-refractivity contribution in [2.75, 3.05) is 0 Å². The number of fused-ring (bicyclic) bond motifs is 1. The highest BCUT2D eigenvalue weighted by molar-refractivity contribution is 6.30. The van der Waals surface area contributed by atoms with Gasteiger partial charge in [-0.05, 0) is 31.2 Å². The largest absolute Gasteiger partial charge is 0.292 e. The van der Waals surface area contributed by atoms with Crippen LogP contribution in [0.1, 0.15) is 18.1 Å². The van der Waals surface area contributed by atoms with Gasteiger partial charge in [-0.2, -0.15) is 0 Å². The standard InChI is InChI=1S/C14H10Cl2FN3/c1-8(15)14-19-11-7-18-5-4-12(11)20(14)13-6-9(16)2-3-10(13)17/h2-8H,1H3. The molecule has 0 saturated carbocycles. The molecule has 1 aromatic carbocycles. The Morgan fingerprint density at radius 1 is 1.30 bits per heavy atom. The number of halogens is 3. The molecular formula is C14H10Cl2FN3. The number of pyridine rings is 1. The van der Waals surface area contributed by atoms with Crippen LogP contribution in [0.2, 0.25) is 5.02 Å². The number of aromatic nitrogens is 3. The minimum atomic E-state index is -0.385. The lowest BCUT2D eigenvalue weighted by molar-refractivity contribution is 0.616. The second kappa shape index (κ2) is 5.04. The summed E-state index contributed by atoms with van der Waals surface area (Å²) >= 11 is 12.1. The molecule has 3 aromatic rings. The number of alkyl halides is 1. The Hall–Kier alpha value is -1.65. The molecule has 2 heterocycles. The molecule has 0 aliphatic rings. The Bertz CT molecular complexity index is 783. The van der Waals surface area contributed by atoms with Gasteiger partial charge in [0.2, 0.25) is 0 Å². The third-order valence-electron chi connectivity index (χ3n) is 2.99. The van der Waals surface area contributed by atoms with E-state index in [2.05, 4.69) is 9.97 Å². The molecule has 6 heteroatoms. The van der Waals surface area contributed by atoms with Crippen LogP contribution < -0.4 is 0 Å². The number of rotatable bonds is 2. The molecule has 1 unspecified atom stereocenters. The first-order valence-corrected chi connectivity index (χ1v) is 6.81. The van der Waals surface area contributed by atoms with Gasteiger partial charge in [0.1, 0.15) is 17.2 Å². The Morgan fingerprint density at radius 3 is 2.85 bits per heavy atom. The van der Waals surface area contributed by atoms with Gasteiger partial charge in [-0.1, -0.05) is 11.6 Å². The average Bonchev–Trinajstić information content (AvgIpc) is 2.81. The highest BCUT2D eigenvalue weighted by Crippen LogP contribution is 2.30. The van der Waals surface area contributed by atoms with Crippen LogP contribution in [0.4, 0.5) is 4.39 Å². The van der Waals surface area contributed by atoms with Gasteiger partial charge < -0.3 is 0 Å². The Labute approximate surface area is 125 Å². The van der Waals surface area contributed by atoms with Crippen LogP contribution in [0.25, 0.3) is 16.7 Å². The predicted octanol–water partition coefficient (Wildman–Crippen LogP) is 4.51. The number of hydrogen-bond donors (Lipinski definition) is 0. The first kappa shape index (κ1) is 13.3. The third-order valence-corrected chi connectivity index (χ3v) is 3.42. The van der Waals surface area contributed by atoms with Gasteiger partial charge >= 0.3 is 0 Å². The Morgan fingerprint density at radius 2 is 2.10 bits per heavy atom. The molecule has 0 N–H and O–H groups in total. The summed E-state index contributed by atoms with van der Waals surface area (Å²) in [5, 5.41) is 0.0752. The maximum Gasteiger partial charge on any atom is 0.147 e. The number of imidazole rings is 1. The summed E-state index contributed by atoms with van der Waals surface area (Å²) in [5.41, 5.74) is 1.73. The molecule has 0 radical (unpaired) electrons. The van der Waals surface area contributed by atoms with Crippen molar-refractivity contribution in [2.24, 2.45) is 0 Å². The molecule has 20 heavy (non-hydrogen) atoms. The van der Waals surface area contributed by atoms with Crippen molar-refractivity contribution in [3.05, 3.63) is 53.3 Å². The van der Waals surface area contributed by atoms with Crippen LogP contribution in [-0.2, 0) is 0 Å². The van der Waals surface area contributed by atoms with Crippen LogP contribution >= 0.6 is 23.2 Å². The SMILES string of the molecule is CC(Cl)c1nc2cnccc2n1-c1cc(Cl)ccc1F. The summed E-state index contributed by atoms with van der Waals surface area (Å²) in [7, 11) is 0. The Kier molecular flexibility index (Phi) is 3.36. The molecule has 2 aromatic heterocycles. The molecule has 0 aliphatic carbocycles. The van der Waals surface area contributed by atoms with E-state index in [9.17, 15) is 4.39 Å². The van der Waals surface area contributed by atoms with E-state index in [1.807, 2.05) is 0 Å². The van der Waals surface area contributed by atoms with Crippen molar-refractivity contribution in [3.8, 4) is 5.69 Å². The molecule has 3 nitrogen and oxygen atoms in total. The predicted molar refractivity (Wildman–Crippen MR) is 78.1 cm³/mol. The van der Waals surface area contributed by atoms with Crippen molar-refractivity contribution in [3.63, 3.8) is 0 Å². The minimum Gasteiger partial charge on any atom is -0.292 e. The quantitative estimate of drug-likeness (QED) is 0.652. The summed E-state index contributed by atoms with van der Waals surface area (Å²) in [5.74, 6) is 0.167. The summed E-state index contributed by atoms with van der Waals surface area (Å²) in [6, 6.07) is 6.16. The second-order valence-electron chi connectivity index (χ2n) is 4.38. The summed E-state index contributed by atoms with van der Waals surface area (Å²) in [6.45, 7) is 1.79. The lowest BCUT2D eigenvalue weighted by atomic mass is 10.2. The van der Waals surface area contributed by atoms with E-state index in [0.717, 1.165) is 5.52 Å². The lowest BCUT2D eigenvalue weighted by Crippen LogP contribution is -2.04. The first-order valence-electron chi connectivity index (χ1n) is 6.00. The molecule has 0 amide bonds. The van der Waals surface area contributed by atoms with Crippen molar-refractivity contribution in [1.82, 2.24) is 14.5 Å². The van der Waals surface area contributed by atoms with Gasteiger partial charge in [0.25, 0.3) is 0 Å². The van der Waals surface area contributed by atoms with Crippen molar-refractivity contribution < 1.29 is 4.39 Å². The molecular weight excluding hydrogens is 300 g/mol. The molecule has 0 spiro atoms. The maximum atomic E-state index is 14.1. The fourth-order valence-electron chi connectivity index (χ4n) is 2.13. The topological polar surface area (TPSA) is 30.7 Å². The maximum absolute atomic E-state index is 14.1. The molecule has 3 rings (SSSR count). The highest BCUT2D eigenvalue weighted by Gasteiger charge is 2.18. The van der Waals surface area contributed by atoms with Crippen molar-refractivity contribution >= 4 is 34.2 Å². The average molecular weight is 310 g/mol. The van der Waals surface area contributed by atoms with Gasteiger partial charge in [-0.25, -0.2) is 9.37 Å². The fraction of sp³-hybridized carbons (Fsp3) is 0.143. The van der Waals surface area contributed by atoms with Crippen molar-refractivity contribution in [1.29, 1.82) is 0 Å². The zero-order valence-corrected chi connectivity index (χ0v) is 12.0. The summed E-state index contributed by atoms with van der Waals surface area (Å²) in [4.78, 5) is 8.44. The first-order chi connectivity index (χ1) is 9.58. The zero-order valence-electron chi connectivity index (χ0n) is 10.5. The Balaban J connectivity index is 2.39. The number of hydrogen-bond acceptors (Lipinski definition) is 2. The molecule has 102 valence electrons. The van der Waals surface area contributed by atoms with E-state index in [0.29, 0.717) is 22.1 Å². The highest BCUT2D eigenvalue weighted by atomic mass is 35.5. The van der Waals surface area contributed by atoms with Gasteiger partial charge in [0.05, 0.1) is 22.8 Å². The normalized spacial score (nSPS) is 12.8. The molecule has 0 saturated heterocycles. The van der Waals surface area contributed by atoms with E-state index < -0.39 is 0 Å². The summed E-state index contributed by atoms with van der Waals surface area (Å²) in [6.07, 6.45) is 3.25. The molecule has 0 aliphatic heterocycles. The zero-order chi connectivity index (χ0) is 14.3. The van der Waals surface area contributed by atoms with Gasteiger partial charge in [0.15, 0.2) is 0 Å². The van der Waals surface area contributed by atoms with Crippen LogP contribution in [0.3, 0.4) is 0 Å². The summed E-state index contributed by atoms with van der Waals surface area (Å²) < 4.78 is 15.8. The fourth-order valence-corrected chi connectivity index (χ4v) is 2.44. The van der Waals surface area contributed by atoms with E-state index in [1.54, 1.807) is 36.0 Å². The van der Waals surface area contributed by atoms with E-state index in [-0.39, 0.29) is 11.2 Å². The number of nitrogens with zero attached hydrogens (tertiary/aromatic N) is 3. The van der Waals surface area contributed by atoms with Crippen LogP contribution in [0.15, 0.2) is 36.7 Å². The lowest BCUT2D eigenvalue weighted by Gasteiger charge is -2.11. The second-order valence-corrected chi connectivity index (χ2v) is 5.47. The van der Waals surface area contributed by atoms with Gasteiger partial charge in [-0.15, -0.1) is 11.6 Å². The molecule has 1 atom stereocenters. The van der Waals surface area contributed by atoms with Gasteiger partial charge in [0, 0.05) is 11.2 Å². The smallest absolute Gasteiger partial charge is 0.147 e. The minimum absolute atomic E-state index is 0.328. The molecule has 0 fully saturated rings. The van der Waals surface area contributed by atoms with Crippen LogP contribution in [-0.4, -0.2) is 14.5 Å². The number of benzene rings is 1. The van der Waals surface area contributed by atoms with Gasteiger partial charge in [-0.3, -0.25) is 9.55 Å². The monoisotopic (exact) mass is 309 g/mol. The van der Waals surface area contributed by atoms with Crippen LogP contribution in [0.5, 0.6) is 0 Å². The van der Waals surface area contributed by atoms with E-state index >= 15 is 0 Å². The molecule has 0 bridgehead atoms. The van der Waals surface area contributed by atoms with Crippen LogP contribution in [0, 0.1) is 5.82 Å². The van der Waals surface area contributed by atoms with Crippen molar-refractivity contribution in [2.45, 2.75) is 12.3 Å². The van der Waals surface area contributed by atoms with E-state index in [1.165, 1.54) is 12.1 Å². The third kappa shape index (κ3) is 2.15.